The summed E-state index contributed by atoms with van der Waals surface area (Å²) in [5, 5.41) is 6.64. The van der Waals surface area contributed by atoms with Gasteiger partial charge >= 0.3 is 0 Å². The van der Waals surface area contributed by atoms with Crippen molar-refractivity contribution < 1.29 is 4.74 Å². The fourth-order valence-corrected chi connectivity index (χ4v) is 2.40. The third-order valence-corrected chi connectivity index (χ3v) is 3.84. The summed E-state index contributed by atoms with van der Waals surface area (Å²) in [4.78, 5) is 10.6. The van der Waals surface area contributed by atoms with Crippen molar-refractivity contribution in [2.75, 3.05) is 33.2 Å². The summed E-state index contributed by atoms with van der Waals surface area (Å²) >= 11 is 0. The van der Waals surface area contributed by atoms with Gasteiger partial charge in [0.2, 0.25) is 0 Å². The van der Waals surface area contributed by atoms with Crippen LogP contribution in [0.15, 0.2) is 41.5 Å². The van der Waals surface area contributed by atoms with Gasteiger partial charge in [-0.25, -0.2) is 4.98 Å². The smallest absolute Gasteiger partial charge is 0.191 e. The van der Waals surface area contributed by atoms with Gasteiger partial charge in [-0.05, 0) is 36.2 Å². The predicted octanol–water partition coefficient (Wildman–Crippen LogP) is 2.33. The summed E-state index contributed by atoms with van der Waals surface area (Å²) in [5.41, 5.74) is 3.42. The molecule has 0 spiro atoms. The Bertz CT molecular complexity index is 728. The highest BCUT2D eigenvalue weighted by molar-refractivity contribution is 5.79. The minimum atomic E-state index is 0.641. The van der Waals surface area contributed by atoms with Crippen molar-refractivity contribution in [3.8, 4) is 5.75 Å². The molecule has 2 N–H and O–H groups in total. The number of aliphatic imine (C=N–C) groups is 1. The molecule has 0 aliphatic carbocycles. The van der Waals surface area contributed by atoms with Crippen LogP contribution in [-0.4, -0.2) is 39.2 Å². The highest BCUT2D eigenvalue weighted by atomic mass is 16.5. The lowest BCUT2D eigenvalue weighted by atomic mass is 10.1. The van der Waals surface area contributed by atoms with E-state index in [4.69, 9.17) is 4.74 Å². The summed E-state index contributed by atoms with van der Waals surface area (Å²) in [5.74, 6) is 2.56. The van der Waals surface area contributed by atoms with Gasteiger partial charge in [-0.3, -0.25) is 4.99 Å². The number of aryl methyl sites for hydroxylation is 1. The zero-order valence-electron chi connectivity index (χ0n) is 15.6. The Balaban J connectivity index is 1.94. The van der Waals surface area contributed by atoms with E-state index in [0.29, 0.717) is 13.1 Å². The van der Waals surface area contributed by atoms with Crippen LogP contribution in [-0.2, 0) is 13.1 Å². The molecule has 1 aromatic heterocycles. The first-order valence-electron chi connectivity index (χ1n) is 8.23. The van der Waals surface area contributed by atoms with E-state index in [9.17, 15) is 0 Å². The zero-order chi connectivity index (χ0) is 18.2. The molecule has 0 amide bonds. The van der Waals surface area contributed by atoms with Gasteiger partial charge in [0.1, 0.15) is 11.6 Å². The molecular formula is C19H27N5O. The lowest BCUT2D eigenvalue weighted by Gasteiger charge is -2.15. The van der Waals surface area contributed by atoms with E-state index in [2.05, 4.69) is 45.7 Å². The topological polar surface area (TPSA) is 61.8 Å². The Morgan fingerprint density at radius 2 is 1.92 bits per heavy atom. The van der Waals surface area contributed by atoms with Crippen molar-refractivity contribution in [1.29, 1.82) is 0 Å². The number of nitrogens with zero attached hydrogens (tertiary/aromatic N) is 3. The lowest BCUT2D eigenvalue weighted by molar-refractivity contribution is 0.408. The van der Waals surface area contributed by atoms with Gasteiger partial charge in [0.25, 0.3) is 0 Å². The second-order valence-electron chi connectivity index (χ2n) is 6.01. The number of benzene rings is 1. The second-order valence-corrected chi connectivity index (χ2v) is 6.01. The molecule has 6 nitrogen and oxygen atoms in total. The van der Waals surface area contributed by atoms with Crippen molar-refractivity contribution in [2.24, 2.45) is 4.99 Å². The largest absolute Gasteiger partial charge is 0.496 e. The zero-order valence-corrected chi connectivity index (χ0v) is 15.6. The minimum Gasteiger partial charge on any atom is -0.496 e. The summed E-state index contributed by atoms with van der Waals surface area (Å²) in [6.07, 6.45) is 1.82. The molecule has 0 fully saturated rings. The van der Waals surface area contributed by atoms with Gasteiger partial charge in [0, 0.05) is 46.0 Å². The first-order chi connectivity index (χ1) is 12.0. The van der Waals surface area contributed by atoms with Gasteiger partial charge in [0.05, 0.1) is 7.11 Å². The SMILES string of the molecule is CN=C(NCc1ccnc(N(C)C)c1)NCc1ccc(C)cc1OC. The molecule has 25 heavy (non-hydrogen) atoms. The standard InChI is InChI=1S/C19H27N5O/c1-14-6-7-16(17(10-14)25-5)13-23-19(20-2)22-12-15-8-9-21-18(11-15)24(3)4/h6-11H,12-13H2,1-5H3,(H2,20,22,23). The molecule has 134 valence electrons. The number of methoxy groups -OCH3 is 1. The number of pyridine rings is 1. The molecule has 0 saturated heterocycles. The quantitative estimate of drug-likeness (QED) is 0.624. The Labute approximate surface area is 149 Å². The van der Waals surface area contributed by atoms with Crippen LogP contribution in [0.5, 0.6) is 5.75 Å². The average molecular weight is 341 g/mol. The van der Waals surface area contributed by atoms with Crippen molar-refractivity contribution >= 4 is 11.8 Å². The van der Waals surface area contributed by atoms with Gasteiger partial charge in [-0.2, -0.15) is 0 Å². The molecule has 6 heteroatoms. The van der Waals surface area contributed by atoms with Crippen LogP contribution in [0.25, 0.3) is 0 Å². The van der Waals surface area contributed by atoms with E-state index in [0.717, 1.165) is 28.7 Å². The summed E-state index contributed by atoms with van der Waals surface area (Å²) in [6, 6.07) is 10.2. The summed E-state index contributed by atoms with van der Waals surface area (Å²) < 4.78 is 5.45. The van der Waals surface area contributed by atoms with Gasteiger partial charge in [-0.15, -0.1) is 0 Å². The first kappa shape index (κ1) is 18.6. The van der Waals surface area contributed by atoms with Crippen molar-refractivity contribution in [1.82, 2.24) is 15.6 Å². The number of nitrogens with one attached hydrogen (secondary N) is 2. The van der Waals surface area contributed by atoms with Gasteiger partial charge < -0.3 is 20.3 Å². The Hall–Kier alpha value is -2.76. The maximum absolute atomic E-state index is 5.45. The monoisotopic (exact) mass is 341 g/mol. The Kier molecular flexibility index (Phi) is 6.62. The van der Waals surface area contributed by atoms with Crippen LogP contribution in [0.1, 0.15) is 16.7 Å². The third-order valence-electron chi connectivity index (χ3n) is 3.84. The van der Waals surface area contributed by atoms with Crippen LogP contribution in [0.3, 0.4) is 0 Å². The van der Waals surface area contributed by atoms with E-state index >= 15 is 0 Å². The van der Waals surface area contributed by atoms with E-state index in [1.54, 1.807) is 14.2 Å². The van der Waals surface area contributed by atoms with Gasteiger partial charge in [-0.1, -0.05) is 12.1 Å². The van der Waals surface area contributed by atoms with E-state index in [1.165, 1.54) is 5.56 Å². The predicted molar refractivity (Wildman–Crippen MR) is 103 cm³/mol. The highest BCUT2D eigenvalue weighted by Crippen LogP contribution is 2.19. The Morgan fingerprint density at radius 3 is 2.60 bits per heavy atom. The van der Waals surface area contributed by atoms with Crippen LogP contribution in [0, 0.1) is 6.92 Å². The molecule has 0 radical (unpaired) electrons. The number of aromatic nitrogens is 1. The first-order valence-corrected chi connectivity index (χ1v) is 8.23. The molecule has 0 unspecified atom stereocenters. The van der Waals surface area contributed by atoms with E-state index in [1.807, 2.05) is 37.3 Å². The van der Waals surface area contributed by atoms with Crippen LogP contribution >= 0.6 is 0 Å². The molecule has 1 heterocycles. The molecule has 1 aromatic carbocycles. The Morgan fingerprint density at radius 1 is 1.16 bits per heavy atom. The number of anilines is 1. The number of hydrogen-bond acceptors (Lipinski definition) is 4. The van der Waals surface area contributed by atoms with Crippen molar-refractivity contribution in [2.45, 2.75) is 20.0 Å². The average Bonchev–Trinajstić information content (AvgIpc) is 2.62. The second kappa shape index (κ2) is 8.92. The number of hydrogen-bond donors (Lipinski definition) is 2. The molecule has 2 rings (SSSR count). The van der Waals surface area contributed by atoms with Crippen LogP contribution in [0.2, 0.25) is 0 Å². The van der Waals surface area contributed by atoms with Crippen LogP contribution < -0.4 is 20.3 Å². The summed E-state index contributed by atoms with van der Waals surface area (Å²) in [7, 11) is 7.42. The third kappa shape index (κ3) is 5.38. The minimum absolute atomic E-state index is 0.641. The normalized spacial score (nSPS) is 11.2. The van der Waals surface area contributed by atoms with Crippen LogP contribution in [0.4, 0.5) is 5.82 Å². The fraction of sp³-hybridized carbons (Fsp3) is 0.368. The number of guanidine groups is 1. The maximum atomic E-state index is 5.45. The summed E-state index contributed by atoms with van der Waals surface area (Å²) in [6.45, 7) is 3.37. The molecule has 0 aliphatic rings. The number of ether oxygens (including phenoxy) is 1. The molecule has 0 saturated carbocycles. The molecular weight excluding hydrogens is 314 g/mol. The van der Waals surface area contributed by atoms with E-state index < -0.39 is 0 Å². The fourth-order valence-electron chi connectivity index (χ4n) is 2.40. The molecule has 0 bridgehead atoms. The molecule has 2 aromatic rings. The highest BCUT2D eigenvalue weighted by Gasteiger charge is 2.05. The van der Waals surface area contributed by atoms with E-state index in [-0.39, 0.29) is 0 Å². The molecule has 0 atom stereocenters. The lowest BCUT2D eigenvalue weighted by Crippen LogP contribution is -2.36. The van der Waals surface area contributed by atoms with Crippen molar-refractivity contribution in [3.05, 3.63) is 53.2 Å². The maximum Gasteiger partial charge on any atom is 0.191 e. The molecule has 0 aliphatic heterocycles. The van der Waals surface area contributed by atoms with Gasteiger partial charge in [0.15, 0.2) is 5.96 Å². The van der Waals surface area contributed by atoms with Crippen molar-refractivity contribution in [3.63, 3.8) is 0 Å². The number of rotatable bonds is 6.